The topological polar surface area (TPSA) is 464 Å². The number of nitrogens with zero attached hydrogens (tertiary/aromatic N) is 3. The molecule has 1 aliphatic rings. The molecule has 15 atom stereocenters. The Morgan fingerprint density at radius 1 is 0.747 bits per heavy atom. The molecule has 1 saturated heterocycles. The summed E-state index contributed by atoms with van der Waals surface area (Å²) in [7, 11) is 9.85. The molecule has 15 N–H and O–H groups in total. The normalized spacial score (nSPS) is 17.6. The molecule has 0 spiro atoms. The lowest BCUT2D eigenvalue weighted by molar-refractivity contribution is -0.148. The number of alkyl carbamates (subject to hydrolysis) is 1. The molecule has 0 radical (unpaired) electrons. The lowest BCUT2D eigenvalue weighted by Crippen LogP contribution is -2.59. The summed E-state index contributed by atoms with van der Waals surface area (Å²) in [6.45, 7) is 10.1. The third-order valence-corrected chi connectivity index (χ3v) is 17.5. The molecule has 2 rings (SSSR count). The molecular weight excluding hydrogens is 1300 g/mol. The zero-order valence-corrected chi connectivity index (χ0v) is 59.8. The number of carboxylic acids is 1. The van der Waals surface area contributed by atoms with Gasteiger partial charge in [0.2, 0.25) is 47.3 Å². The van der Waals surface area contributed by atoms with Crippen LogP contribution >= 0.6 is 0 Å². The van der Waals surface area contributed by atoms with E-state index in [0.717, 1.165) is 5.56 Å². The van der Waals surface area contributed by atoms with Crippen LogP contribution in [0.4, 0.5) is 4.79 Å². The maximum absolute atomic E-state index is 14.4. The van der Waals surface area contributed by atoms with Crippen molar-refractivity contribution in [3.8, 4) is 0 Å². The Balaban J connectivity index is 2.00. The molecule has 1 fully saturated rings. The first-order chi connectivity index (χ1) is 46.7. The molecule has 1 heterocycles. The molecule has 99 heavy (non-hydrogen) atoms. The largest absolute Gasteiger partial charge is 0.480 e. The van der Waals surface area contributed by atoms with Crippen molar-refractivity contribution in [3.05, 3.63) is 35.9 Å². The van der Waals surface area contributed by atoms with E-state index in [1.807, 2.05) is 27.7 Å². The van der Waals surface area contributed by atoms with Gasteiger partial charge in [0.25, 0.3) is 0 Å². The van der Waals surface area contributed by atoms with Crippen LogP contribution in [-0.2, 0) is 73.3 Å². The van der Waals surface area contributed by atoms with Gasteiger partial charge in [-0.3, -0.25) is 48.6 Å². The van der Waals surface area contributed by atoms with Gasteiger partial charge >= 0.3 is 18.0 Å². The molecule has 1 aliphatic heterocycles. The molecule has 1 aromatic carbocycles. The van der Waals surface area contributed by atoms with E-state index < -0.39 is 178 Å². The quantitative estimate of drug-likeness (QED) is 0.0227. The van der Waals surface area contributed by atoms with E-state index in [9.17, 15) is 78.3 Å². The number of amides is 9. The number of aliphatic hydroxyl groups is 5. The van der Waals surface area contributed by atoms with Gasteiger partial charge in [-0.2, -0.15) is 0 Å². The van der Waals surface area contributed by atoms with Gasteiger partial charge in [0.1, 0.15) is 36.9 Å². The first-order valence-corrected chi connectivity index (χ1v) is 33.8. The lowest BCUT2D eigenvalue weighted by Gasteiger charge is -2.39. The highest BCUT2D eigenvalue weighted by Gasteiger charge is 2.43. The fourth-order valence-electron chi connectivity index (χ4n) is 11.6. The Kier molecular flexibility index (Phi) is 40.4. The summed E-state index contributed by atoms with van der Waals surface area (Å²) in [5, 5.41) is 82.7. The molecule has 0 bridgehead atoms. The Hall–Kier alpha value is -7.21. The number of hydrogen-bond acceptors (Lipinski definition) is 23. The smallest absolute Gasteiger partial charge is 0.407 e. The highest BCUT2D eigenvalue weighted by molar-refractivity contribution is 5.91. The van der Waals surface area contributed by atoms with Crippen molar-refractivity contribution in [1.29, 1.82) is 0 Å². The monoisotopic (exact) mass is 1410 g/mol. The van der Waals surface area contributed by atoms with Crippen molar-refractivity contribution >= 4 is 65.3 Å². The standard InChI is InChI=1S/C66H114N12O21/c1-14-40(4)56(77(11)54(86)36-71-62(91)55(39(2)3)76(9)10)50(96-12)34-53(85)78-29-18-22-47(78)58(97-13)41(5)59(88)74-44(32-43-20-16-15-17-21-43)60(89)68-26-19-31-98-64(94)42(6)72-52(84)33-45(63(92)93)73-51(83)23-27-69-65(95)99-37-46(75-66(7,38-80)25-28-67-8)61(90)70-35-49(82)57(87)48(81)24-30-79/h15-17,20-21,39-42,44-50,55-58,67,75,79-82,87H,14,18-19,22-38H2,1-13H3,(H,68,89)(H,69,95)(H,70,90)(H,71,91)(H,72,84)(H,73,83)(H,74,88)(H,92,93)/t40-,41+,42?,44-,45?,46?,47-,48+,49-,50+,55?,56-,57-,58+,66?/m0/s1. The second-order valence-electron chi connectivity index (χ2n) is 26.0. The number of likely N-dealkylation sites (N-methyl/N-ethyl adjacent to an activating group) is 2. The van der Waals surface area contributed by atoms with Crippen molar-refractivity contribution in [1.82, 2.24) is 62.6 Å². The average Bonchev–Trinajstić information content (AvgIpc) is 1.76. The van der Waals surface area contributed by atoms with Gasteiger partial charge in [-0.1, -0.05) is 71.4 Å². The van der Waals surface area contributed by atoms with E-state index in [4.69, 9.17) is 24.1 Å². The van der Waals surface area contributed by atoms with Crippen LogP contribution < -0.4 is 47.9 Å². The number of nitrogens with one attached hydrogen (secondary N) is 9. The van der Waals surface area contributed by atoms with Crippen molar-refractivity contribution < 1.29 is 102 Å². The summed E-state index contributed by atoms with van der Waals surface area (Å²) >= 11 is 0. The summed E-state index contributed by atoms with van der Waals surface area (Å²) in [6, 6.07) is 1.96. The van der Waals surface area contributed by atoms with Gasteiger partial charge in [-0.05, 0) is 91.0 Å². The molecule has 33 nitrogen and oxygen atoms in total. The highest BCUT2D eigenvalue weighted by Crippen LogP contribution is 2.30. The Labute approximate surface area is 581 Å². The lowest BCUT2D eigenvalue weighted by atomic mass is 9.90. The molecule has 0 aromatic heterocycles. The fourth-order valence-corrected chi connectivity index (χ4v) is 11.6. The number of carboxylic acid groups (broad SMARTS) is 1. The molecule has 33 heteroatoms. The van der Waals surface area contributed by atoms with Crippen LogP contribution in [0.1, 0.15) is 112 Å². The van der Waals surface area contributed by atoms with Crippen LogP contribution in [0.3, 0.4) is 0 Å². The summed E-state index contributed by atoms with van der Waals surface area (Å²) in [5.41, 5.74) is -0.356. The number of aliphatic carboxylic acids is 1. The number of ether oxygens (including phenoxy) is 4. The first kappa shape index (κ1) is 87.9. The second kappa shape index (κ2) is 45.5. The minimum atomic E-state index is -1.78. The summed E-state index contributed by atoms with van der Waals surface area (Å²) < 4.78 is 22.5. The van der Waals surface area contributed by atoms with Crippen LogP contribution in [0.15, 0.2) is 30.3 Å². The van der Waals surface area contributed by atoms with Crippen LogP contribution in [0, 0.1) is 17.8 Å². The van der Waals surface area contributed by atoms with E-state index in [0.29, 0.717) is 38.8 Å². The van der Waals surface area contributed by atoms with E-state index in [2.05, 4.69) is 47.9 Å². The molecule has 1 aromatic rings. The van der Waals surface area contributed by atoms with Crippen LogP contribution in [0.2, 0.25) is 0 Å². The Bertz CT molecular complexity index is 2690. The number of methoxy groups -OCH3 is 2. The summed E-state index contributed by atoms with van der Waals surface area (Å²) in [6.07, 6.45) is -6.89. The number of aliphatic hydroxyl groups excluding tert-OH is 5. The third-order valence-electron chi connectivity index (χ3n) is 17.5. The van der Waals surface area contributed by atoms with Crippen LogP contribution in [-0.4, -0.2) is 297 Å². The molecule has 0 saturated carbocycles. The van der Waals surface area contributed by atoms with Crippen molar-refractivity contribution in [2.75, 3.05) is 108 Å². The molecule has 9 amide bonds. The molecule has 564 valence electrons. The van der Waals surface area contributed by atoms with E-state index in [1.54, 1.807) is 87.1 Å². The number of benzene rings is 1. The average molecular weight is 1410 g/mol. The van der Waals surface area contributed by atoms with Gasteiger partial charge in [0, 0.05) is 72.4 Å². The van der Waals surface area contributed by atoms with Gasteiger partial charge in [-0.25, -0.2) is 14.4 Å². The molecule has 0 aliphatic carbocycles. The van der Waals surface area contributed by atoms with Crippen LogP contribution in [0.5, 0.6) is 0 Å². The number of carbonyl (C=O) groups excluding carboxylic acids is 10. The van der Waals surface area contributed by atoms with Gasteiger partial charge < -0.3 is 102 Å². The minimum absolute atomic E-state index is 0.00173. The Morgan fingerprint density at radius 3 is 2.00 bits per heavy atom. The maximum Gasteiger partial charge on any atom is 0.407 e. The number of hydrogen-bond donors (Lipinski definition) is 15. The predicted octanol–water partition coefficient (Wildman–Crippen LogP) is -3.13. The van der Waals surface area contributed by atoms with Crippen molar-refractivity contribution in [2.24, 2.45) is 17.8 Å². The zero-order chi connectivity index (χ0) is 74.7. The number of esters is 1. The third kappa shape index (κ3) is 30.3. The Morgan fingerprint density at radius 2 is 1.41 bits per heavy atom. The summed E-state index contributed by atoms with van der Waals surface area (Å²) in [4.78, 5) is 151. The second-order valence-corrected chi connectivity index (χ2v) is 26.0. The van der Waals surface area contributed by atoms with Crippen molar-refractivity contribution in [2.45, 2.75) is 191 Å². The van der Waals surface area contributed by atoms with Crippen molar-refractivity contribution in [3.63, 3.8) is 0 Å². The highest BCUT2D eigenvalue weighted by atomic mass is 16.6. The van der Waals surface area contributed by atoms with E-state index in [1.165, 1.54) is 21.1 Å². The molecule has 5 unspecified atom stereocenters. The van der Waals surface area contributed by atoms with E-state index >= 15 is 0 Å². The zero-order valence-electron chi connectivity index (χ0n) is 59.8. The number of carbonyl (C=O) groups is 11. The van der Waals surface area contributed by atoms with Gasteiger partial charge in [0.15, 0.2) is 0 Å². The van der Waals surface area contributed by atoms with E-state index in [-0.39, 0.29) is 74.9 Å². The maximum atomic E-state index is 14.4. The SMILES string of the molecule is CC[C@H](C)[C@@H]([C@@H](CC(=O)N1CCC[C@H]1[C@H](OC)[C@@H](C)C(=O)N[C@@H](Cc1ccccc1)C(=O)NCCCOC(=O)C(C)NC(=O)CC(NC(=O)CCNC(=O)OCC(NC(C)(CO)CCNC)C(=O)NC[C@H](O)[C@@H](O)[C@H](O)CCO)C(=O)O)OC)N(C)C(=O)CNC(=O)C(C(C)C)N(C)C. The van der Waals surface area contributed by atoms with Gasteiger partial charge in [0.05, 0.1) is 81.1 Å². The predicted molar refractivity (Wildman–Crippen MR) is 362 cm³/mol. The fraction of sp³-hybridized carbons (Fsp3) is 0.742. The number of likely N-dealkylation sites (tertiary alicyclic amines) is 1. The summed E-state index contributed by atoms with van der Waals surface area (Å²) in [5.74, 6) is -8.12. The minimum Gasteiger partial charge on any atom is -0.480 e. The van der Waals surface area contributed by atoms with Crippen LogP contribution in [0.25, 0.3) is 0 Å². The van der Waals surface area contributed by atoms with Gasteiger partial charge in [-0.15, -0.1) is 0 Å². The molecular formula is C66H114N12O21. The number of rotatable bonds is 48. The first-order valence-electron chi connectivity index (χ1n) is 33.8.